The van der Waals surface area contributed by atoms with E-state index in [-0.39, 0.29) is 29.2 Å². The number of thioether (sulfide) groups is 1. The molecule has 3 unspecified atom stereocenters. The number of nitrogens with zero attached hydrogens (tertiary/aromatic N) is 1. The number of ether oxygens (including phenoxy) is 2. The highest BCUT2D eigenvalue weighted by molar-refractivity contribution is 9.10. The molecule has 2 aliphatic rings. The van der Waals surface area contributed by atoms with E-state index in [0.29, 0.717) is 44.9 Å². The number of amides is 3. The molecule has 4 aromatic carbocycles. The van der Waals surface area contributed by atoms with Gasteiger partial charge in [-0.1, -0.05) is 81.5 Å². The van der Waals surface area contributed by atoms with Crippen molar-refractivity contribution < 1.29 is 23.9 Å². The fourth-order valence-electron chi connectivity index (χ4n) is 5.99. The van der Waals surface area contributed by atoms with Crippen molar-refractivity contribution in [3.63, 3.8) is 0 Å². The third kappa shape index (κ3) is 5.50. The summed E-state index contributed by atoms with van der Waals surface area (Å²) in [5.74, 6) is -1.57. The summed E-state index contributed by atoms with van der Waals surface area (Å²) in [6.07, 6.45) is 0. The van der Waals surface area contributed by atoms with Crippen LogP contribution in [0, 0.1) is 5.92 Å². The number of rotatable bonds is 8. The number of carbonyl (C=O) groups excluding carboxylic acids is 3. The Morgan fingerprint density at radius 1 is 0.935 bits per heavy atom. The maximum Gasteiger partial charge on any atom is 0.305 e. The molecule has 232 valence electrons. The van der Waals surface area contributed by atoms with Crippen molar-refractivity contribution in [2.45, 2.75) is 23.1 Å². The van der Waals surface area contributed by atoms with Gasteiger partial charge in [0.1, 0.15) is 5.25 Å². The van der Waals surface area contributed by atoms with Crippen molar-refractivity contribution in [3.8, 4) is 11.5 Å². The number of carbonyl (C=O) groups is 3. The van der Waals surface area contributed by atoms with Crippen molar-refractivity contribution >= 4 is 78.9 Å². The molecule has 46 heavy (non-hydrogen) atoms. The molecule has 12 heteroatoms. The van der Waals surface area contributed by atoms with E-state index in [4.69, 9.17) is 9.47 Å². The average Bonchev–Trinajstić information content (AvgIpc) is 3.55. The minimum absolute atomic E-state index is 0.255. The van der Waals surface area contributed by atoms with Crippen molar-refractivity contribution in [3.05, 3.63) is 110 Å². The number of imide groups is 1. The molecular formula is C34H26BrN3O6S2. The highest BCUT2D eigenvalue weighted by Crippen LogP contribution is 2.53. The van der Waals surface area contributed by atoms with Gasteiger partial charge in [0, 0.05) is 26.3 Å². The predicted octanol–water partition coefficient (Wildman–Crippen LogP) is 6.56. The molecule has 0 radical (unpaired) electrons. The van der Waals surface area contributed by atoms with Crippen molar-refractivity contribution in [2.75, 3.05) is 23.4 Å². The van der Waals surface area contributed by atoms with Gasteiger partial charge in [0.25, 0.3) is 5.91 Å². The van der Waals surface area contributed by atoms with E-state index < -0.39 is 17.1 Å². The molecule has 9 nitrogen and oxygen atoms in total. The Balaban J connectivity index is 1.18. The summed E-state index contributed by atoms with van der Waals surface area (Å²) in [5, 5.41) is 4.72. The molecule has 3 amide bonds. The highest BCUT2D eigenvalue weighted by atomic mass is 79.9. The first-order chi connectivity index (χ1) is 22.3. The molecule has 1 fully saturated rings. The van der Waals surface area contributed by atoms with Crippen LogP contribution in [-0.2, 0) is 14.4 Å². The number of anilines is 2. The Labute approximate surface area is 280 Å². The smallest absolute Gasteiger partial charge is 0.305 e. The fourth-order valence-corrected chi connectivity index (χ4v) is 8.77. The monoisotopic (exact) mass is 715 g/mol. The third-order valence-corrected chi connectivity index (χ3v) is 10.9. The van der Waals surface area contributed by atoms with Crippen LogP contribution >= 0.6 is 39.0 Å². The number of fused-ring (bicyclic) bond motifs is 3. The van der Waals surface area contributed by atoms with Crippen molar-refractivity contribution in [2.24, 2.45) is 5.92 Å². The SMILES string of the molecule is CCOc1cc(C2c3sc(=O)[nH]c3SC3C(=O)N(c4ccc(Br)cc4)C(=O)C32)ccc1OCC(=O)Nc1cccc2ccccc12. The predicted molar refractivity (Wildman–Crippen MR) is 182 cm³/mol. The second-order valence-electron chi connectivity index (χ2n) is 10.7. The number of nitrogens with one attached hydrogen (secondary N) is 2. The second kappa shape index (κ2) is 12.4. The quantitative estimate of drug-likeness (QED) is 0.175. The molecule has 7 rings (SSSR count). The van der Waals surface area contributed by atoms with Gasteiger partial charge in [0.2, 0.25) is 11.8 Å². The van der Waals surface area contributed by atoms with Crippen LogP contribution in [0.1, 0.15) is 23.3 Å². The van der Waals surface area contributed by atoms with Crippen molar-refractivity contribution in [1.29, 1.82) is 0 Å². The van der Waals surface area contributed by atoms with E-state index in [1.54, 1.807) is 42.5 Å². The third-order valence-electron chi connectivity index (χ3n) is 7.96. The Morgan fingerprint density at radius 2 is 1.72 bits per heavy atom. The molecule has 2 N–H and O–H groups in total. The van der Waals surface area contributed by atoms with Gasteiger partial charge >= 0.3 is 4.87 Å². The van der Waals surface area contributed by atoms with Gasteiger partial charge in [-0.25, -0.2) is 4.90 Å². The number of hydrogen-bond donors (Lipinski definition) is 2. The summed E-state index contributed by atoms with van der Waals surface area (Å²) in [6.45, 7) is 1.90. The molecule has 2 aliphatic heterocycles. The summed E-state index contributed by atoms with van der Waals surface area (Å²) in [7, 11) is 0. The standard InChI is InChI=1S/C34H26BrN3O6S2/c1-2-43-25-16-19(10-15-24(25)44-17-26(39)36-23-9-5-7-18-6-3-4-8-22(18)23)27-28-30(45-31-29(27)46-34(42)37-31)33(41)38(32(28)40)21-13-11-20(35)12-14-21/h3-16,27-28,30H,2,17H2,1H3,(H,36,39)(H,37,42). The highest BCUT2D eigenvalue weighted by Gasteiger charge is 2.56. The molecule has 0 bridgehead atoms. The number of benzene rings is 4. The van der Waals surface area contributed by atoms with E-state index in [1.165, 1.54) is 16.7 Å². The number of H-pyrrole nitrogens is 1. The zero-order valence-corrected chi connectivity index (χ0v) is 27.5. The Morgan fingerprint density at radius 3 is 2.52 bits per heavy atom. The zero-order valence-electron chi connectivity index (χ0n) is 24.3. The van der Waals surface area contributed by atoms with Crippen LogP contribution in [0.2, 0.25) is 0 Å². The summed E-state index contributed by atoms with van der Waals surface area (Å²) >= 11 is 5.67. The average molecular weight is 717 g/mol. The lowest BCUT2D eigenvalue weighted by molar-refractivity contribution is -0.122. The van der Waals surface area contributed by atoms with Crippen molar-refractivity contribution in [1.82, 2.24) is 4.98 Å². The lowest BCUT2D eigenvalue weighted by atomic mass is 9.83. The van der Waals surface area contributed by atoms with Gasteiger partial charge in [-0.3, -0.25) is 19.2 Å². The molecule has 0 saturated carbocycles. The summed E-state index contributed by atoms with van der Waals surface area (Å²) in [4.78, 5) is 57.7. The summed E-state index contributed by atoms with van der Waals surface area (Å²) in [6, 6.07) is 25.8. The van der Waals surface area contributed by atoms with Crippen LogP contribution in [0.3, 0.4) is 0 Å². The zero-order chi connectivity index (χ0) is 31.9. The van der Waals surface area contributed by atoms with Gasteiger partial charge in [0.05, 0.1) is 23.2 Å². The maximum absolute atomic E-state index is 14.0. The molecule has 0 spiro atoms. The Hall–Kier alpha value is -4.39. The first-order valence-electron chi connectivity index (χ1n) is 14.5. The minimum atomic E-state index is -0.743. The van der Waals surface area contributed by atoms with Crippen LogP contribution < -0.4 is 24.6 Å². The molecule has 3 atom stereocenters. The van der Waals surface area contributed by atoms with Gasteiger partial charge < -0.3 is 19.8 Å². The number of aromatic amines is 1. The van der Waals surface area contributed by atoms with E-state index in [0.717, 1.165) is 26.6 Å². The largest absolute Gasteiger partial charge is 0.490 e. The second-order valence-corrected chi connectivity index (χ2v) is 13.8. The summed E-state index contributed by atoms with van der Waals surface area (Å²) in [5.41, 5.74) is 1.87. The van der Waals surface area contributed by atoms with E-state index in [1.807, 2.05) is 49.4 Å². The molecule has 1 saturated heterocycles. The van der Waals surface area contributed by atoms with Crippen LogP contribution in [0.15, 0.2) is 99.2 Å². The minimum Gasteiger partial charge on any atom is -0.490 e. The van der Waals surface area contributed by atoms with Gasteiger partial charge in [-0.05, 0) is 60.3 Å². The van der Waals surface area contributed by atoms with Crippen LogP contribution in [-0.4, -0.2) is 41.2 Å². The number of thiazole rings is 1. The number of aromatic nitrogens is 1. The van der Waals surface area contributed by atoms with Crippen LogP contribution in [0.5, 0.6) is 11.5 Å². The molecule has 0 aliphatic carbocycles. The first kappa shape index (κ1) is 30.3. The Bertz CT molecular complexity index is 2060. The van der Waals surface area contributed by atoms with E-state index in [9.17, 15) is 19.2 Å². The van der Waals surface area contributed by atoms with Crippen LogP contribution in [0.4, 0.5) is 11.4 Å². The van der Waals surface area contributed by atoms with Gasteiger partial charge in [0.15, 0.2) is 18.1 Å². The van der Waals surface area contributed by atoms with E-state index in [2.05, 4.69) is 26.2 Å². The Kier molecular flexibility index (Phi) is 8.18. The first-order valence-corrected chi connectivity index (χ1v) is 17.0. The normalized spacial score (nSPS) is 18.7. The molecule has 3 heterocycles. The van der Waals surface area contributed by atoms with E-state index >= 15 is 0 Å². The topological polar surface area (TPSA) is 118 Å². The molecular weight excluding hydrogens is 690 g/mol. The van der Waals surface area contributed by atoms with Gasteiger partial charge in [-0.15, -0.1) is 0 Å². The lowest BCUT2D eigenvalue weighted by Crippen LogP contribution is -2.32. The number of hydrogen-bond acceptors (Lipinski definition) is 8. The molecule has 5 aromatic rings. The van der Waals surface area contributed by atoms with Gasteiger partial charge in [-0.2, -0.15) is 0 Å². The lowest BCUT2D eigenvalue weighted by Gasteiger charge is -2.30. The van der Waals surface area contributed by atoms with Crippen LogP contribution in [0.25, 0.3) is 10.8 Å². The number of halogens is 1. The molecule has 1 aromatic heterocycles. The summed E-state index contributed by atoms with van der Waals surface area (Å²) < 4.78 is 12.7. The maximum atomic E-state index is 14.0. The fraction of sp³-hybridized carbons (Fsp3) is 0.176.